The fourth-order valence-electron chi connectivity index (χ4n) is 1.25. The maximum absolute atomic E-state index is 13.5. The Labute approximate surface area is 101 Å². The van der Waals surface area contributed by atoms with Crippen LogP contribution in [-0.4, -0.2) is 26.2 Å². The lowest BCUT2D eigenvalue weighted by Gasteiger charge is -2.11. The highest BCUT2D eigenvalue weighted by Crippen LogP contribution is 2.24. The molecule has 6 heteroatoms. The highest BCUT2D eigenvalue weighted by atomic mass is 79.9. The molecule has 0 aromatic heterocycles. The van der Waals surface area contributed by atoms with Gasteiger partial charge < -0.3 is 15.8 Å². The first-order valence-electron chi connectivity index (χ1n) is 4.58. The van der Waals surface area contributed by atoms with Crippen molar-refractivity contribution in [1.29, 1.82) is 0 Å². The molecule has 0 aliphatic heterocycles. The Hall–Kier alpha value is -1.14. The summed E-state index contributed by atoms with van der Waals surface area (Å²) in [5, 5.41) is 2.88. The molecule has 1 rings (SSSR count). The van der Waals surface area contributed by atoms with Gasteiger partial charge in [-0.15, -0.1) is 0 Å². The summed E-state index contributed by atoms with van der Waals surface area (Å²) in [5.74, 6) is -1.45. The Morgan fingerprint density at radius 2 is 2.31 bits per heavy atom. The van der Waals surface area contributed by atoms with Gasteiger partial charge in [0.1, 0.15) is 5.82 Å². The summed E-state index contributed by atoms with van der Waals surface area (Å²) in [7, 11) is 1.55. The molecule has 4 nitrogen and oxygen atoms in total. The van der Waals surface area contributed by atoms with Crippen LogP contribution in [-0.2, 0) is 4.74 Å². The van der Waals surface area contributed by atoms with Gasteiger partial charge in [-0.2, -0.15) is 0 Å². The number of anilines is 1. The molecule has 0 unspecified atom stereocenters. The number of halogens is 2. The quantitative estimate of drug-likeness (QED) is 0.812. The largest absolute Gasteiger partial charge is 0.383 e. The smallest absolute Gasteiger partial charge is 0.253 e. The molecule has 0 heterocycles. The molecule has 1 aromatic rings. The van der Waals surface area contributed by atoms with E-state index in [2.05, 4.69) is 21.2 Å². The lowest BCUT2D eigenvalue weighted by Crippen LogP contribution is -2.18. The van der Waals surface area contributed by atoms with E-state index < -0.39 is 11.7 Å². The molecular weight excluding hydrogens is 279 g/mol. The van der Waals surface area contributed by atoms with Gasteiger partial charge in [-0.3, -0.25) is 4.79 Å². The number of benzene rings is 1. The van der Waals surface area contributed by atoms with E-state index >= 15 is 0 Å². The zero-order valence-electron chi connectivity index (χ0n) is 8.72. The summed E-state index contributed by atoms with van der Waals surface area (Å²) < 4.78 is 18.8. The summed E-state index contributed by atoms with van der Waals surface area (Å²) >= 11 is 3.14. The van der Waals surface area contributed by atoms with Crippen LogP contribution in [0.25, 0.3) is 0 Å². The maximum atomic E-state index is 13.5. The number of rotatable bonds is 5. The van der Waals surface area contributed by atoms with Gasteiger partial charge in [0.15, 0.2) is 0 Å². The first-order valence-corrected chi connectivity index (χ1v) is 5.37. The minimum absolute atomic E-state index is 0.140. The Morgan fingerprint density at radius 1 is 1.62 bits per heavy atom. The van der Waals surface area contributed by atoms with E-state index in [0.717, 1.165) is 0 Å². The van der Waals surface area contributed by atoms with Crippen molar-refractivity contribution in [2.75, 3.05) is 25.6 Å². The van der Waals surface area contributed by atoms with Crippen LogP contribution in [0.2, 0.25) is 0 Å². The monoisotopic (exact) mass is 290 g/mol. The summed E-state index contributed by atoms with van der Waals surface area (Å²) in [6.45, 7) is 0.916. The Bertz CT molecular complexity index is 399. The molecule has 88 valence electrons. The number of ether oxygens (including phenoxy) is 1. The zero-order chi connectivity index (χ0) is 12.1. The van der Waals surface area contributed by atoms with Crippen molar-refractivity contribution in [3.63, 3.8) is 0 Å². The normalized spacial score (nSPS) is 10.2. The first-order chi connectivity index (χ1) is 7.56. The number of carbonyl (C=O) groups is 1. The predicted octanol–water partition coefficient (Wildman–Crippen LogP) is 1.75. The molecule has 0 radical (unpaired) electrons. The van der Waals surface area contributed by atoms with E-state index in [1.54, 1.807) is 13.2 Å². The van der Waals surface area contributed by atoms with Gasteiger partial charge in [0.05, 0.1) is 17.9 Å². The molecule has 0 saturated carbocycles. The Morgan fingerprint density at radius 3 is 2.88 bits per heavy atom. The van der Waals surface area contributed by atoms with Crippen LogP contribution in [0, 0.1) is 5.82 Å². The third-order valence-electron chi connectivity index (χ3n) is 1.92. The number of hydrogen-bond donors (Lipinski definition) is 2. The van der Waals surface area contributed by atoms with Crippen LogP contribution >= 0.6 is 15.9 Å². The zero-order valence-corrected chi connectivity index (χ0v) is 10.3. The van der Waals surface area contributed by atoms with Gasteiger partial charge in [0.2, 0.25) is 0 Å². The lowest BCUT2D eigenvalue weighted by atomic mass is 10.1. The van der Waals surface area contributed by atoms with Crippen LogP contribution < -0.4 is 11.1 Å². The van der Waals surface area contributed by atoms with Gasteiger partial charge in [-0.25, -0.2) is 4.39 Å². The fourth-order valence-corrected chi connectivity index (χ4v) is 1.68. The second-order valence-electron chi connectivity index (χ2n) is 3.09. The maximum Gasteiger partial charge on any atom is 0.253 e. The minimum Gasteiger partial charge on any atom is -0.383 e. The number of nitrogens with one attached hydrogen (secondary N) is 1. The van der Waals surface area contributed by atoms with Crippen molar-refractivity contribution in [3.8, 4) is 0 Å². The second kappa shape index (κ2) is 5.81. The molecule has 0 fully saturated rings. The second-order valence-corrected chi connectivity index (χ2v) is 4.01. The summed E-state index contributed by atoms with van der Waals surface area (Å²) in [6.07, 6.45) is 0. The van der Waals surface area contributed by atoms with Crippen molar-refractivity contribution in [3.05, 3.63) is 28.0 Å². The van der Waals surface area contributed by atoms with Crippen LogP contribution in [0.15, 0.2) is 16.6 Å². The molecule has 16 heavy (non-hydrogen) atoms. The Balaban J connectivity index is 2.99. The number of methoxy groups -OCH3 is 1. The van der Waals surface area contributed by atoms with Crippen LogP contribution in [0.4, 0.5) is 10.1 Å². The van der Waals surface area contributed by atoms with Crippen molar-refractivity contribution in [2.45, 2.75) is 0 Å². The van der Waals surface area contributed by atoms with E-state index in [4.69, 9.17) is 10.5 Å². The average molecular weight is 291 g/mol. The number of hydrogen-bond acceptors (Lipinski definition) is 3. The van der Waals surface area contributed by atoms with Crippen LogP contribution in [0.3, 0.4) is 0 Å². The molecule has 0 aliphatic carbocycles. The molecule has 0 aliphatic rings. The van der Waals surface area contributed by atoms with E-state index in [1.807, 2.05) is 0 Å². The van der Waals surface area contributed by atoms with Crippen molar-refractivity contribution < 1.29 is 13.9 Å². The third kappa shape index (κ3) is 3.18. The van der Waals surface area contributed by atoms with Gasteiger partial charge in [0, 0.05) is 18.1 Å². The highest BCUT2D eigenvalue weighted by Gasteiger charge is 2.15. The number of nitrogens with two attached hydrogens (primary N) is 1. The van der Waals surface area contributed by atoms with Crippen LogP contribution in [0.1, 0.15) is 10.4 Å². The van der Waals surface area contributed by atoms with E-state index in [1.165, 1.54) is 6.07 Å². The Kier molecular flexibility index (Phi) is 4.70. The molecule has 0 atom stereocenters. The molecule has 1 amide bonds. The summed E-state index contributed by atoms with van der Waals surface area (Å²) in [5.41, 5.74) is 5.32. The lowest BCUT2D eigenvalue weighted by molar-refractivity contribution is 0.0997. The van der Waals surface area contributed by atoms with Gasteiger partial charge >= 0.3 is 0 Å². The summed E-state index contributed by atoms with van der Waals surface area (Å²) in [4.78, 5) is 11.1. The van der Waals surface area contributed by atoms with Crippen molar-refractivity contribution >= 4 is 27.5 Å². The predicted molar refractivity (Wildman–Crippen MR) is 63.0 cm³/mol. The molecule has 0 saturated heterocycles. The number of carbonyl (C=O) groups excluding carboxylic acids is 1. The topological polar surface area (TPSA) is 64.3 Å². The van der Waals surface area contributed by atoms with Crippen LogP contribution in [0.5, 0.6) is 0 Å². The molecule has 3 N–H and O–H groups in total. The SMILES string of the molecule is COCCNc1cc(Br)cc(F)c1C(N)=O. The van der Waals surface area contributed by atoms with Gasteiger partial charge in [-0.1, -0.05) is 15.9 Å². The van der Waals surface area contributed by atoms with Crippen molar-refractivity contribution in [1.82, 2.24) is 0 Å². The van der Waals surface area contributed by atoms with Gasteiger partial charge in [-0.05, 0) is 12.1 Å². The fraction of sp³-hybridized carbons (Fsp3) is 0.300. The average Bonchev–Trinajstić information content (AvgIpc) is 2.16. The minimum atomic E-state index is -0.801. The molecular formula is C10H12BrFN2O2. The van der Waals surface area contributed by atoms with Gasteiger partial charge in [0.25, 0.3) is 5.91 Å². The highest BCUT2D eigenvalue weighted by molar-refractivity contribution is 9.10. The standard InChI is InChI=1S/C10H12BrFN2O2/c1-16-3-2-14-8-5-6(11)4-7(12)9(8)10(13)15/h4-5,14H,2-3H2,1H3,(H2,13,15). The van der Waals surface area contributed by atoms with E-state index in [0.29, 0.717) is 23.3 Å². The number of primary amides is 1. The van der Waals surface area contributed by atoms with E-state index in [9.17, 15) is 9.18 Å². The number of amides is 1. The molecule has 0 bridgehead atoms. The van der Waals surface area contributed by atoms with Crippen molar-refractivity contribution in [2.24, 2.45) is 5.73 Å². The molecule has 0 spiro atoms. The first kappa shape index (κ1) is 12.9. The van der Waals surface area contributed by atoms with E-state index in [-0.39, 0.29) is 5.56 Å². The summed E-state index contributed by atoms with van der Waals surface area (Å²) in [6, 6.07) is 2.79. The molecule has 1 aromatic carbocycles. The third-order valence-corrected chi connectivity index (χ3v) is 2.38.